The standard InChI is InChI=1S/C25H23N5O2/c1-14-6-7-18-16(9-14)25(23(32)29-18)17(12-26)22(27)30(15-5-4-8-28-13-15)19-10-24(2,3)11-20(31)21(19)25/h4-9,13H,10-11,27H2,1-3H3,(H,29,32)/t25-/m1/s1. The minimum atomic E-state index is -1.55. The maximum atomic E-state index is 13.7. The summed E-state index contributed by atoms with van der Waals surface area (Å²) in [6.07, 6.45) is 4.10. The summed E-state index contributed by atoms with van der Waals surface area (Å²) in [5.41, 5.74) is 8.60. The fraction of sp³-hybridized carbons (Fsp3) is 0.280. The third-order valence-electron chi connectivity index (χ3n) is 6.55. The number of carbonyl (C=O) groups excluding carboxylic acids is 2. The second kappa shape index (κ2) is 6.54. The maximum absolute atomic E-state index is 13.7. The maximum Gasteiger partial charge on any atom is 0.245 e. The number of hydrogen-bond donors (Lipinski definition) is 2. The van der Waals surface area contributed by atoms with Gasteiger partial charge in [0.25, 0.3) is 0 Å². The number of ketones is 1. The van der Waals surface area contributed by atoms with Crippen LogP contribution in [0, 0.1) is 23.7 Å². The van der Waals surface area contributed by atoms with Crippen molar-refractivity contribution in [2.24, 2.45) is 11.1 Å². The number of nitrogens with two attached hydrogens (primary N) is 1. The molecule has 0 saturated heterocycles. The summed E-state index contributed by atoms with van der Waals surface area (Å²) in [5, 5.41) is 13.2. The number of nitriles is 1. The molecule has 2 aliphatic heterocycles. The molecule has 2 aromatic rings. The van der Waals surface area contributed by atoms with Crippen LogP contribution in [0.2, 0.25) is 0 Å². The first-order valence-corrected chi connectivity index (χ1v) is 10.5. The quantitative estimate of drug-likeness (QED) is 0.724. The van der Waals surface area contributed by atoms with Gasteiger partial charge in [-0.25, -0.2) is 0 Å². The molecule has 3 heterocycles. The van der Waals surface area contributed by atoms with Gasteiger partial charge in [0, 0.05) is 35.1 Å². The fourth-order valence-electron chi connectivity index (χ4n) is 5.31. The molecular weight excluding hydrogens is 402 g/mol. The molecule has 1 amide bonds. The smallest absolute Gasteiger partial charge is 0.245 e. The lowest BCUT2D eigenvalue weighted by Crippen LogP contribution is -2.52. The molecule has 0 bridgehead atoms. The van der Waals surface area contributed by atoms with E-state index in [2.05, 4.69) is 16.4 Å². The number of aromatic nitrogens is 1. The van der Waals surface area contributed by atoms with Crippen molar-refractivity contribution in [1.29, 1.82) is 5.26 Å². The van der Waals surface area contributed by atoms with Gasteiger partial charge < -0.3 is 11.1 Å². The van der Waals surface area contributed by atoms with Crippen LogP contribution in [0.4, 0.5) is 11.4 Å². The number of nitrogens with one attached hydrogen (secondary N) is 1. The lowest BCUT2D eigenvalue weighted by atomic mass is 9.60. The molecule has 0 unspecified atom stereocenters. The van der Waals surface area contributed by atoms with E-state index < -0.39 is 11.3 Å². The fourth-order valence-corrected chi connectivity index (χ4v) is 5.31. The predicted octanol–water partition coefficient (Wildman–Crippen LogP) is 3.44. The van der Waals surface area contributed by atoms with Crippen LogP contribution in [0.15, 0.2) is 65.4 Å². The Morgan fingerprint density at radius 2 is 2.00 bits per heavy atom. The summed E-state index contributed by atoms with van der Waals surface area (Å²) in [7, 11) is 0. The summed E-state index contributed by atoms with van der Waals surface area (Å²) in [4.78, 5) is 33.3. The molecule has 1 aromatic heterocycles. The number of Topliss-reactive ketones (excluding diaryl/α,β-unsaturated/α-hetero) is 1. The molecule has 7 heteroatoms. The summed E-state index contributed by atoms with van der Waals surface area (Å²) in [6, 6.07) is 11.4. The Morgan fingerprint density at radius 3 is 2.69 bits per heavy atom. The van der Waals surface area contributed by atoms with Crippen LogP contribution < -0.4 is 16.0 Å². The second-order valence-electron chi connectivity index (χ2n) is 9.43. The van der Waals surface area contributed by atoms with Crippen LogP contribution in [0.5, 0.6) is 0 Å². The topological polar surface area (TPSA) is 112 Å². The zero-order valence-electron chi connectivity index (χ0n) is 18.2. The molecule has 0 fully saturated rings. The average molecular weight is 425 g/mol. The highest BCUT2D eigenvalue weighted by Crippen LogP contribution is 2.57. The van der Waals surface area contributed by atoms with E-state index in [4.69, 9.17) is 5.73 Å². The zero-order chi connectivity index (χ0) is 22.8. The Morgan fingerprint density at radius 1 is 1.22 bits per heavy atom. The van der Waals surface area contributed by atoms with Gasteiger partial charge >= 0.3 is 0 Å². The van der Waals surface area contributed by atoms with Gasteiger partial charge in [0.05, 0.1) is 17.5 Å². The van der Waals surface area contributed by atoms with Crippen molar-refractivity contribution in [3.05, 3.63) is 76.5 Å². The largest absolute Gasteiger partial charge is 0.384 e. The van der Waals surface area contributed by atoms with Crippen molar-refractivity contribution in [2.75, 3.05) is 10.2 Å². The average Bonchev–Trinajstić information content (AvgIpc) is 3.00. The molecule has 0 saturated carbocycles. The van der Waals surface area contributed by atoms with Crippen LogP contribution in [0.1, 0.15) is 37.8 Å². The first kappa shape index (κ1) is 20.0. The van der Waals surface area contributed by atoms with Crippen molar-refractivity contribution in [1.82, 2.24) is 4.98 Å². The number of aryl methyl sites for hydroxylation is 1. The molecule has 3 aliphatic rings. The lowest BCUT2D eigenvalue weighted by molar-refractivity contribution is -0.123. The molecule has 160 valence electrons. The van der Waals surface area contributed by atoms with Crippen molar-refractivity contribution < 1.29 is 9.59 Å². The number of nitrogens with zero attached hydrogens (tertiary/aromatic N) is 3. The predicted molar refractivity (Wildman–Crippen MR) is 120 cm³/mol. The van der Waals surface area contributed by atoms with E-state index in [-0.39, 0.29) is 29.0 Å². The number of anilines is 2. The molecule has 5 rings (SSSR count). The Balaban J connectivity index is 1.92. The summed E-state index contributed by atoms with van der Waals surface area (Å²) in [6.45, 7) is 5.96. The molecule has 0 radical (unpaired) electrons. The number of amides is 1. The van der Waals surface area contributed by atoms with Crippen LogP contribution in [-0.4, -0.2) is 16.7 Å². The number of pyridine rings is 1. The normalized spacial score (nSPS) is 23.8. The van der Waals surface area contributed by atoms with Crippen molar-refractivity contribution in [3.63, 3.8) is 0 Å². The molecule has 1 spiro atoms. The van der Waals surface area contributed by atoms with Crippen LogP contribution in [-0.2, 0) is 15.0 Å². The monoisotopic (exact) mass is 425 g/mol. The van der Waals surface area contributed by atoms with E-state index in [9.17, 15) is 14.9 Å². The Kier molecular flexibility index (Phi) is 4.09. The van der Waals surface area contributed by atoms with Gasteiger partial charge in [0.2, 0.25) is 5.91 Å². The molecular formula is C25H23N5O2. The SMILES string of the molecule is Cc1ccc2c(c1)[C@@]1(C(=O)N2)C(C#N)=C(N)N(c2cccnc2)C2=C1C(=O)CC(C)(C)C2. The van der Waals surface area contributed by atoms with Crippen molar-refractivity contribution >= 4 is 23.1 Å². The minimum absolute atomic E-state index is 0.0648. The number of carbonyl (C=O) groups is 2. The Hall–Kier alpha value is -3.92. The van der Waals surface area contributed by atoms with E-state index in [1.54, 1.807) is 23.4 Å². The number of allylic oxidation sites excluding steroid dienone is 1. The van der Waals surface area contributed by atoms with E-state index in [1.165, 1.54) is 0 Å². The number of hydrogen-bond acceptors (Lipinski definition) is 6. The Bertz CT molecular complexity index is 1300. The van der Waals surface area contributed by atoms with Gasteiger partial charge in [-0.15, -0.1) is 0 Å². The van der Waals surface area contributed by atoms with E-state index >= 15 is 0 Å². The van der Waals surface area contributed by atoms with Gasteiger partial charge in [0.1, 0.15) is 17.3 Å². The third kappa shape index (κ3) is 2.50. The summed E-state index contributed by atoms with van der Waals surface area (Å²) < 4.78 is 0. The minimum Gasteiger partial charge on any atom is -0.384 e. The van der Waals surface area contributed by atoms with Crippen molar-refractivity contribution in [2.45, 2.75) is 39.0 Å². The molecule has 32 heavy (non-hydrogen) atoms. The summed E-state index contributed by atoms with van der Waals surface area (Å²) in [5.74, 6) is -0.409. The highest BCUT2D eigenvalue weighted by molar-refractivity contribution is 6.20. The number of rotatable bonds is 1. The molecule has 7 nitrogen and oxygen atoms in total. The van der Waals surface area contributed by atoms with Gasteiger partial charge in [0.15, 0.2) is 5.78 Å². The van der Waals surface area contributed by atoms with Gasteiger partial charge in [-0.3, -0.25) is 19.5 Å². The van der Waals surface area contributed by atoms with Gasteiger partial charge in [-0.2, -0.15) is 5.26 Å². The van der Waals surface area contributed by atoms with Crippen LogP contribution in [0.3, 0.4) is 0 Å². The number of benzene rings is 1. The van der Waals surface area contributed by atoms with Gasteiger partial charge in [-0.1, -0.05) is 31.5 Å². The second-order valence-corrected chi connectivity index (χ2v) is 9.43. The zero-order valence-corrected chi connectivity index (χ0v) is 18.2. The van der Waals surface area contributed by atoms with Crippen LogP contribution >= 0.6 is 0 Å². The van der Waals surface area contributed by atoms with Crippen LogP contribution in [0.25, 0.3) is 0 Å². The van der Waals surface area contributed by atoms with Gasteiger partial charge in [-0.05, 0) is 37.0 Å². The lowest BCUT2D eigenvalue weighted by Gasteiger charge is -2.46. The molecule has 1 aliphatic carbocycles. The highest BCUT2D eigenvalue weighted by Gasteiger charge is 2.61. The summed E-state index contributed by atoms with van der Waals surface area (Å²) >= 11 is 0. The van der Waals surface area contributed by atoms with E-state index in [0.29, 0.717) is 34.6 Å². The third-order valence-corrected chi connectivity index (χ3v) is 6.55. The first-order chi connectivity index (χ1) is 15.2. The number of fused-ring (bicyclic) bond motifs is 3. The Labute approximate surface area is 186 Å². The molecule has 1 aromatic carbocycles. The van der Waals surface area contributed by atoms with E-state index in [1.807, 2.05) is 45.0 Å². The first-order valence-electron chi connectivity index (χ1n) is 10.5. The molecule has 1 atom stereocenters. The molecule has 3 N–H and O–H groups in total. The van der Waals surface area contributed by atoms with E-state index in [0.717, 1.165) is 5.56 Å². The van der Waals surface area contributed by atoms with Crippen molar-refractivity contribution in [3.8, 4) is 6.07 Å². The highest BCUT2D eigenvalue weighted by atomic mass is 16.2.